The van der Waals surface area contributed by atoms with Crippen molar-refractivity contribution in [3.8, 4) is 0 Å². The number of rotatable bonds is 11. The number of unbranched alkanes of at least 4 members (excludes halogenated alkanes) is 6. The van der Waals surface area contributed by atoms with Gasteiger partial charge in [0, 0.05) is 0 Å². The van der Waals surface area contributed by atoms with Crippen LogP contribution in [0.25, 0.3) is 0 Å². The Kier molecular flexibility index (Phi) is 10.7. The summed E-state index contributed by atoms with van der Waals surface area (Å²) in [5.74, 6) is 0. The quantitative estimate of drug-likeness (QED) is 0.334. The van der Waals surface area contributed by atoms with Gasteiger partial charge in [0.25, 0.3) is 0 Å². The number of aliphatic hydroxyl groups is 4. The first-order valence-electron chi connectivity index (χ1n) is 8.69. The topological polar surface area (TPSA) is 99.4 Å². The predicted octanol–water partition coefficient (Wildman–Crippen LogP) is 1.11. The van der Waals surface area contributed by atoms with Gasteiger partial charge in [0.05, 0.1) is 13.2 Å². The van der Waals surface area contributed by atoms with Gasteiger partial charge in [-0.2, -0.15) is 0 Å². The molecular weight excluding hydrogens is 300 g/mol. The Labute approximate surface area is 138 Å². The average Bonchev–Trinajstić information content (AvgIpc) is 2.56. The molecule has 0 unspecified atom stereocenters. The molecule has 1 heterocycles. The van der Waals surface area contributed by atoms with Gasteiger partial charge in [-0.1, -0.05) is 51.2 Å². The molecule has 0 aromatic rings. The molecular formula is C17H32O6. The van der Waals surface area contributed by atoms with Crippen molar-refractivity contribution in [2.75, 3.05) is 13.2 Å². The van der Waals surface area contributed by atoms with Crippen LogP contribution in [0.2, 0.25) is 0 Å². The van der Waals surface area contributed by atoms with Crippen LogP contribution in [0.1, 0.15) is 51.9 Å². The fourth-order valence-electron chi connectivity index (χ4n) is 2.58. The van der Waals surface area contributed by atoms with Crippen LogP contribution in [-0.2, 0) is 9.47 Å². The minimum atomic E-state index is -1.39. The molecule has 0 radical (unpaired) electrons. The third-order valence-electron chi connectivity index (χ3n) is 4.10. The van der Waals surface area contributed by atoms with Crippen LogP contribution in [0.3, 0.4) is 0 Å². The molecule has 136 valence electrons. The maximum atomic E-state index is 9.80. The zero-order valence-corrected chi connectivity index (χ0v) is 14.0. The number of aliphatic hydroxyl groups excluding tert-OH is 4. The molecule has 0 spiro atoms. The number of hydrogen-bond donors (Lipinski definition) is 4. The van der Waals surface area contributed by atoms with Crippen LogP contribution in [0.5, 0.6) is 0 Å². The van der Waals surface area contributed by atoms with Gasteiger partial charge in [-0.25, -0.2) is 0 Å². The predicted molar refractivity (Wildman–Crippen MR) is 86.9 cm³/mol. The molecule has 1 aliphatic rings. The van der Waals surface area contributed by atoms with Gasteiger partial charge >= 0.3 is 0 Å². The first kappa shape index (κ1) is 20.5. The monoisotopic (exact) mass is 332 g/mol. The summed E-state index contributed by atoms with van der Waals surface area (Å²) < 4.78 is 10.6. The maximum absolute atomic E-state index is 9.80. The molecule has 1 fully saturated rings. The van der Waals surface area contributed by atoms with E-state index in [-0.39, 0.29) is 6.61 Å². The highest BCUT2D eigenvalue weighted by Gasteiger charge is 2.43. The smallest absolute Gasteiger partial charge is 0.187 e. The molecule has 0 bridgehead atoms. The van der Waals surface area contributed by atoms with Crippen molar-refractivity contribution < 1.29 is 29.9 Å². The molecule has 1 saturated heterocycles. The Morgan fingerprint density at radius 2 is 1.61 bits per heavy atom. The van der Waals surface area contributed by atoms with Gasteiger partial charge in [0.2, 0.25) is 0 Å². The summed E-state index contributed by atoms with van der Waals surface area (Å²) in [4.78, 5) is 0. The summed E-state index contributed by atoms with van der Waals surface area (Å²) in [5.41, 5.74) is 0. The summed E-state index contributed by atoms with van der Waals surface area (Å²) in [5, 5.41) is 38.2. The fraction of sp³-hybridized carbons (Fsp3) is 0.882. The van der Waals surface area contributed by atoms with Gasteiger partial charge in [-0.05, 0) is 12.8 Å². The van der Waals surface area contributed by atoms with Crippen LogP contribution in [0, 0.1) is 0 Å². The van der Waals surface area contributed by atoms with Crippen LogP contribution in [0.4, 0.5) is 0 Å². The summed E-state index contributed by atoms with van der Waals surface area (Å²) in [7, 11) is 0. The number of allylic oxidation sites excluding steroid dienone is 1. The molecule has 0 amide bonds. The average molecular weight is 332 g/mol. The molecule has 5 atom stereocenters. The molecule has 6 heteroatoms. The number of ether oxygens (including phenoxy) is 2. The maximum Gasteiger partial charge on any atom is 0.187 e. The van der Waals surface area contributed by atoms with E-state index in [0.717, 1.165) is 12.8 Å². The largest absolute Gasteiger partial charge is 0.394 e. The van der Waals surface area contributed by atoms with Crippen molar-refractivity contribution in [3.05, 3.63) is 12.2 Å². The second-order valence-corrected chi connectivity index (χ2v) is 6.06. The zero-order valence-electron chi connectivity index (χ0n) is 14.0. The van der Waals surface area contributed by atoms with Crippen molar-refractivity contribution in [3.63, 3.8) is 0 Å². The van der Waals surface area contributed by atoms with Crippen molar-refractivity contribution in [2.24, 2.45) is 0 Å². The van der Waals surface area contributed by atoms with E-state index in [4.69, 9.17) is 14.6 Å². The lowest BCUT2D eigenvalue weighted by atomic mass is 9.99. The summed E-state index contributed by atoms with van der Waals surface area (Å²) in [6.45, 7) is 2.01. The van der Waals surface area contributed by atoms with Gasteiger partial charge in [-0.15, -0.1) is 0 Å². The first-order valence-corrected chi connectivity index (χ1v) is 8.69. The third kappa shape index (κ3) is 7.28. The summed E-state index contributed by atoms with van der Waals surface area (Å²) >= 11 is 0. The van der Waals surface area contributed by atoms with Gasteiger partial charge in [0.1, 0.15) is 24.4 Å². The second-order valence-electron chi connectivity index (χ2n) is 6.06. The first-order chi connectivity index (χ1) is 11.1. The lowest BCUT2D eigenvalue weighted by Gasteiger charge is -2.39. The fourth-order valence-corrected chi connectivity index (χ4v) is 2.58. The molecule has 1 aliphatic heterocycles. The van der Waals surface area contributed by atoms with Crippen molar-refractivity contribution in [1.29, 1.82) is 0 Å². The van der Waals surface area contributed by atoms with E-state index in [1.807, 2.05) is 12.2 Å². The second kappa shape index (κ2) is 11.9. The van der Waals surface area contributed by atoms with Crippen LogP contribution in [0.15, 0.2) is 12.2 Å². The Bertz CT molecular complexity index is 320. The third-order valence-corrected chi connectivity index (χ3v) is 4.10. The van der Waals surface area contributed by atoms with E-state index in [2.05, 4.69) is 6.92 Å². The van der Waals surface area contributed by atoms with E-state index >= 15 is 0 Å². The van der Waals surface area contributed by atoms with Crippen molar-refractivity contribution >= 4 is 0 Å². The molecule has 1 rings (SSSR count). The Balaban J connectivity index is 2.15. The number of hydrogen-bond acceptors (Lipinski definition) is 6. The Morgan fingerprint density at radius 1 is 0.913 bits per heavy atom. The van der Waals surface area contributed by atoms with Crippen molar-refractivity contribution in [2.45, 2.75) is 82.6 Å². The lowest BCUT2D eigenvalue weighted by Crippen LogP contribution is -2.59. The highest BCUT2D eigenvalue weighted by molar-refractivity contribution is 4.89. The molecule has 0 saturated carbocycles. The normalized spacial score (nSPS) is 31.8. The molecule has 6 nitrogen and oxygen atoms in total. The highest BCUT2D eigenvalue weighted by atomic mass is 16.7. The van der Waals surface area contributed by atoms with Crippen LogP contribution < -0.4 is 0 Å². The summed E-state index contributed by atoms with van der Waals surface area (Å²) in [6.07, 6.45) is 6.37. The van der Waals surface area contributed by atoms with E-state index in [1.54, 1.807) is 0 Å². The summed E-state index contributed by atoms with van der Waals surface area (Å²) in [6, 6.07) is 0. The van der Waals surface area contributed by atoms with Gasteiger partial charge in [0.15, 0.2) is 6.29 Å². The minimum Gasteiger partial charge on any atom is -0.394 e. The highest BCUT2D eigenvalue weighted by Crippen LogP contribution is 2.21. The van der Waals surface area contributed by atoms with Gasteiger partial charge < -0.3 is 29.9 Å². The van der Waals surface area contributed by atoms with E-state index in [1.165, 1.54) is 32.1 Å². The molecule has 4 N–H and O–H groups in total. The van der Waals surface area contributed by atoms with E-state index < -0.39 is 37.3 Å². The van der Waals surface area contributed by atoms with E-state index in [9.17, 15) is 15.3 Å². The van der Waals surface area contributed by atoms with Gasteiger partial charge in [-0.3, -0.25) is 0 Å². The molecule has 0 aromatic heterocycles. The SMILES string of the molecule is CCCCCCCC/C=C/CO[C@@H]1O[C@H](CO)[C@H](O)[C@H](O)[C@H]1O. The molecule has 0 aliphatic carbocycles. The van der Waals surface area contributed by atoms with Crippen LogP contribution in [-0.4, -0.2) is 64.3 Å². The van der Waals surface area contributed by atoms with Crippen LogP contribution >= 0.6 is 0 Å². The lowest BCUT2D eigenvalue weighted by molar-refractivity contribution is -0.298. The Morgan fingerprint density at radius 3 is 2.30 bits per heavy atom. The molecule has 0 aromatic carbocycles. The standard InChI is InChI=1S/C17H32O6/c1-2-3-4-5-6-7-8-9-10-11-22-17-16(21)15(20)14(19)13(12-18)23-17/h9-10,13-21H,2-8,11-12H2,1H3/b10-9+/t13-,14+,15+,16-,17-/m1/s1. The van der Waals surface area contributed by atoms with E-state index in [0.29, 0.717) is 0 Å². The zero-order chi connectivity index (χ0) is 17.1. The molecule has 23 heavy (non-hydrogen) atoms. The Hall–Kier alpha value is -0.500. The minimum absolute atomic E-state index is 0.249. The van der Waals surface area contributed by atoms with Crippen molar-refractivity contribution in [1.82, 2.24) is 0 Å².